The van der Waals surface area contributed by atoms with E-state index in [1.165, 1.54) is 94.6 Å². The van der Waals surface area contributed by atoms with Gasteiger partial charge in [-0.2, -0.15) is 0 Å². The van der Waals surface area contributed by atoms with E-state index in [-0.39, 0.29) is 0 Å². The van der Waals surface area contributed by atoms with E-state index in [9.17, 15) is 0 Å². The molecule has 0 saturated heterocycles. The molecular weight excluding hydrogens is 1230 g/mol. The molecule has 0 radical (unpaired) electrons. The molecule has 0 amide bonds. The molecule has 0 aliphatic rings. The summed E-state index contributed by atoms with van der Waals surface area (Å²) in [6, 6.07) is 156. The van der Waals surface area contributed by atoms with Gasteiger partial charge in [-0.3, -0.25) is 0 Å². The number of hydrogen-bond donors (Lipinski definition) is 0. The lowest BCUT2D eigenvalue weighted by atomic mass is 9.89. The first kappa shape index (κ1) is 62.3. The molecule has 0 nitrogen and oxygen atoms in total. The summed E-state index contributed by atoms with van der Waals surface area (Å²) in [5.74, 6) is 0. The van der Waals surface area contributed by atoms with Gasteiger partial charge in [-0.1, -0.05) is 334 Å². The second kappa shape index (κ2) is 28.3. The van der Waals surface area contributed by atoms with Crippen molar-refractivity contribution in [3.8, 4) is 178 Å². The highest BCUT2D eigenvalue weighted by molar-refractivity contribution is 5.90. The molecule has 0 heterocycles. The third kappa shape index (κ3) is 13.6. The van der Waals surface area contributed by atoms with Crippen LogP contribution in [0.3, 0.4) is 0 Å². The molecule has 0 bridgehead atoms. The Morgan fingerprint density at radius 3 is 0.304 bits per heavy atom. The average molecular weight is 1300 g/mol. The summed E-state index contributed by atoms with van der Waals surface area (Å²) in [6.07, 6.45) is 0. The first-order valence-corrected chi connectivity index (χ1v) is 35.1. The molecular formula is C102H70. The van der Waals surface area contributed by atoms with Gasteiger partial charge in [0.1, 0.15) is 0 Å². The standard InChI is InChI=1S/C102H70/c1-5-22-71(23-6-1)75-48-52-77(53-49-75)81-32-15-42-91(58-81)97-65-99(93-44-18-38-87(61-93)84-35-14-31-80(57-84)74-28-11-4-12-29-74)69-101(67-97)95-46-20-40-89(63-95)90-41-21-47-96(64-90)102-68-98(92-43-16-33-82(59-92)78-54-50-76(51-55-78)72-24-7-2-8-25-72)66-100(70-102)94-45-19-39-88(62-94)86-37-17-36-85(60-86)83-34-13-30-79(56-83)73-26-9-3-10-27-73/h1-70H. The molecule has 0 aliphatic heterocycles. The van der Waals surface area contributed by atoms with Crippen LogP contribution in [-0.2, 0) is 0 Å². The molecule has 0 saturated carbocycles. The van der Waals surface area contributed by atoms with Crippen LogP contribution in [0.1, 0.15) is 0 Å². The zero-order valence-electron chi connectivity index (χ0n) is 56.4. The Labute approximate surface area is 598 Å². The minimum Gasteiger partial charge on any atom is -0.0622 e. The van der Waals surface area contributed by atoms with Gasteiger partial charge in [0, 0.05) is 0 Å². The largest absolute Gasteiger partial charge is 0.0622 e. The maximum absolute atomic E-state index is 2.38. The molecule has 0 fully saturated rings. The van der Waals surface area contributed by atoms with Crippen molar-refractivity contribution in [2.24, 2.45) is 0 Å². The molecule has 0 aromatic heterocycles. The number of benzene rings is 17. The van der Waals surface area contributed by atoms with Gasteiger partial charge >= 0.3 is 0 Å². The summed E-state index contributed by atoms with van der Waals surface area (Å²) in [7, 11) is 0. The van der Waals surface area contributed by atoms with E-state index in [1.54, 1.807) is 0 Å². The second-order valence-electron chi connectivity index (χ2n) is 26.4. The second-order valence-corrected chi connectivity index (χ2v) is 26.4. The Morgan fingerprint density at radius 1 is 0.0588 bits per heavy atom. The van der Waals surface area contributed by atoms with Crippen molar-refractivity contribution >= 4 is 0 Å². The summed E-state index contributed by atoms with van der Waals surface area (Å²) in [4.78, 5) is 0. The van der Waals surface area contributed by atoms with E-state index < -0.39 is 0 Å². The Hall–Kier alpha value is -13.3. The topological polar surface area (TPSA) is 0 Å². The predicted molar refractivity (Wildman–Crippen MR) is 433 cm³/mol. The van der Waals surface area contributed by atoms with Crippen molar-refractivity contribution in [1.29, 1.82) is 0 Å². The zero-order chi connectivity index (χ0) is 68.0. The minimum atomic E-state index is 1.14. The molecule has 0 unspecified atom stereocenters. The first-order chi connectivity index (χ1) is 50.5. The van der Waals surface area contributed by atoms with E-state index in [4.69, 9.17) is 0 Å². The van der Waals surface area contributed by atoms with Crippen LogP contribution in [-0.4, -0.2) is 0 Å². The zero-order valence-corrected chi connectivity index (χ0v) is 56.4. The molecule has 0 N–H and O–H groups in total. The maximum Gasteiger partial charge on any atom is -0.0171 e. The molecule has 17 aromatic carbocycles. The van der Waals surface area contributed by atoms with Gasteiger partial charge in [-0.05, 0) is 269 Å². The summed E-state index contributed by atoms with van der Waals surface area (Å²) in [5.41, 5.74) is 37.5. The number of rotatable bonds is 16. The van der Waals surface area contributed by atoms with Crippen LogP contribution in [0.25, 0.3) is 178 Å². The summed E-state index contributed by atoms with van der Waals surface area (Å²) >= 11 is 0. The lowest BCUT2D eigenvalue weighted by Crippen LogP contribution is -1.89. The quantitative estimate of drug-likeness (QED) is 0.0904. The van der Waals surface area contributed by atoms with Crippen molar-refractivity contribution in [3.63, 3.8) is 0 Å². The minimum absolute atomic E-state index is 1.14. The van der Waals surface area contributed by atoms with Gasteiger partial charge in [0.05, 0.1) is 0 Å². The van der Waals surface area contributed by atoms with Gasteiger partial charge in [-0.25, -0.2) is 0 Å². The highest BCUT2D eigenvalue weighted by Crippen LogP contribution is 2.42. The molecule has 17 rings (SSSR count). The number of hydrogen-bond acceptors (Lipinski definition) is 0. The molecule has 478 valence electrons. The van der Waals surface area contributed by atoms with Gasteiger partial charge in [0.25, 0.3) is 0 Å². The Balaban J connectivity index is 0.742. The van der Waals surface area contributed by atoms with Gasteiger partial charge in [-0.15, -0.1) is 0 Å². The van der Waals surface area contributed by atoms with Crippen LogP contribution >= 0.6 is 0 Å². The Bertz CT molecular complexity index is 5830. The predicted octanol–water partition coefficient (Wildman–Crippen LogP) is 28.4. The van der Waals surface area contributed by atoms with Crippen LogP contribution in [0.15, 0.2) is 425 Å². The highest BCUT2D eigenvalue weighted by Gasteiger charge is 2.16. The molecule has 0 atom stereocenters. The van der Waals surface area contributed by atoms with Crippen molar-refractivity contribution in [2.75, 3.05) is 0 Å². The smallest absolute Gasteiger partial charge is 0.0171 e. The Kier molecular flexibility index (Phi) is 17.3. The SMILES string of the molecule is c1ccc(-c2ccc(-c3cccc(-c4cc(-c5cccc(-c6cccc(-c7ccccc7)c6)c5)cc(-c5cccc(-c6cccc(-c7cc(-c8cccc(-c9ccc(-c%10ccccc%10)cc9)c8)cc(-c8cccc(-c9cccc(-c%10cccc(-c%11ccccc%11)c%10)c9)c8)c7)c6)c5)c4)c3)cc2)cc1. The van der Waals surface area contributed by atoms with E-state index >= 15 is 0 Å². The molecule has 0 heteroatoms. The van der Waals surface area contributed by atoms with Crippen LogP contribution in [0, 0.1) is 0 Å². The van der Waals surface area contributed by atoms with Crippen LogP contribution in [0.5, 0.6) is 0 Å². The third-order valence-corrected chi connectivity index (χ3v) is 19.8. The van der Waals surface area contributed by atoms with Crippen molar-refractivity contribution in [2.45, 2.75) is 0 Å². The first-order valence-electron chi connectivity index (χ1n) is 35.1. The van der Waals surface area contributed by atoms with E-state index in [1.807, 2.05) is 0 Å². The average Bonchev–Trinajstić information content (AvgIpc) is 0.792. The van der Waals surface area contributed by atoms with Gasteiger partial charge < -0.3 is 0 Å². The van der Waals surface area contributed by atoms with Crippen molar-refractivity contribution in [3.05, 3.63) is 425 Å². The fraction of sp³-hybridized carbons (Fsp3) is 0. The summed E-state index contributed by atoms with van der Waals surface area (Å²) in [5, 5.41) is 0. The normalized spacial score (nSPS) is 11.1. The maximum atomic E-state index is 2.38. The van der Waals surface area contributed by atoms with Crippen LogP contribution in [0.4, 0.5) is 0 Å². The molecule has 17 aromatic rings. The third-order valence-electron chi connectivity index (χ3n) is 19.8. The van der Waals surface area contributed by atoms with E-state index in [0.717, 1.165) is 83.5 Å². The molecule has 0 spiro atoms. The van der Waals surface area contributed by atoms with Crippen LogP contribution < -0.4 is 0 Å². The highest BCUT2D eigenvalue weighted by atomic mass is 14.2. The van der Waals surface area contributed by atoms with Crippen molar-refractivity contribution in [1.82, 2.24) is 0 Å². The summed E-state index contributed by atoms with van der Waals surface area (Å²) < 4.78 is 0. The fourth-order valence-corrected chi connectivity index (χ4v) is 14.4. The van der Waals surface area contributed by atoms with E-state index in [0.29, 0.717) is 0 Å². The van der Waals surface area contributed by atoms with E-state index in [2.05, 4.69) is 425 Å². The fourth-order valence-electron chi connectivity index (χ4n) is 14.4. The molecule has 0 aliphatic carbocycles. The van der Waals surface area contributed by atoms with Gasteiger partial charge in [0.15, 0.2) is 0 Å². The Morgan fingerprint density at radius 2 is 0.147 bits per heavy atom. The van der Waals surface area contributed by atoms with Gasteiger partial charge in [0.2, 0.25) is 0 Å². The monoisotopic (exact) mass is 1290 g/mol. The lowest BCUT2D eigenvalue weighted by molar-refractivity contribution is 1.53. The molecule has 102 heavy (non-hydrogen) atoms. The lowest BCUT2D eigenvalue weighted by Gasteiger charge is -2.15. The van der Waals surface area contributed by atoms with Crippen molar-refractivity contribution < 1.29 is 0 Å². The summed E-state index contributed by atoms with van der Waals surface area (Å²) in [6.45, 7) is 0. The van der Waals surface area contributed by atoms with Crippen LogP contribution in [0.2, 0.25) is 0 Å².